The summed E-state index contributed by atoms with van der Waals surface area (Å²) >= 11 is 0. The maximum Gasteiger partial charge on any atom is 0.0549 e. The Morgan fingerprint density at radius 3 is 2.55 bits per heavy atom. The van der Waals surface area contributed by atoms with Crippen LogP contribution >= 0.6 is 0 Å². The summed E-state index contributed by atoms with van der Waals surface area (Å²) in [4.78, 5) is 5.01. The minimum absolute atomic E-state index is 0.176. The summed E-state index contributed by atoms with van der Waals surface area (Å²) in [6.45, 7) is 11.7. The van der Waals surface area contributed by atoms with Crippen molar-refractivity contribution >= 4 is 5.69 Å². The Kier molecular flexibility index (Phi) is 7.16. The number of hydrogen-bond donors (Lipinski definition) is 2. The first-order chi connectivity index (χ1) is 10.7. The predicted molar refractivity (Wildman–Crippen MR) is 93.4 cm³/mol. The van der Waals surface area contributed by atoms with E-state index in [9.17, 15) is 5.11 Å². The zero-order chi connectivity index (χ0) is 15.8. The standard InChI is InChI=1S/C18H31N3O/c1-3-17(22)9-10-19-15-16-7-5-6-8-18(16)21-13-11-20(4-2)12-14-21/h5-8,17,19,22H,3-4,9-15H2,1-2H3. The topological polar surface area (TPSA) is 38.7 Å². The number of piperazine rings is 1. The Morgan fingerprint density at radius 2 is 1.86 bits per heavy atom. The molecule has 1 aromatic rings. The van der Waals surface area contributed by atoms with E-state index < -0.39 is 0 Å². The molecule has 0 bridgehead atoms. The molecule has 1 aliphatic rings. The van der Waals surface area contributed by atoms with Crippen LogP contribution in [0.15, 0.2) is 24.3 Å². The fraction of sp³-hybridized carbons (Fsp3) is 0.667. The molecule has 124 valence electrons. The second kappa shape index (κ2) is 9.13. The van der Waals surface area contributed by atoms with Crippen molar-refractivity contribution in [3.05, 3.63) is 29.8 Å². The Morgan fingerprint density at radius 1 is 1.14 bits per heavy atom. The highest BCUT2D eigenvalue weighted by atomic mass is 16.3. The summed E-state index contributed by atoms with van der Waals surface area (Å²) in [5.41, 5.74) is 2.72. The normalized spacial score (nSPS) is 17.7. The summed E-state index contributed by atoms with van der Waals surface area (Å²) in [5, 5.41) is 13.1. The van der Waals surface area contributed by atoms with Gasteiger partial charge in [-0.15, -0.1) is 0 Å². The van der Waals surface area contributed by atoms with E-state index in [1.807, 2.05) is 6.92 Å². The molecule has 0 saturated carbocycles. The van der Waals surface area contributed by atoms with Gasteiger partial charge in [0.1, 0.15) is 0 Å². The summed E-state index contributed by atoms with van der Waals surface area (Å²) in [7, 11) is 0. The lowest BCUT2D eigenvalue weighted by molar-refractivity contribution is 0.159. The zero-order valence-corrected chi connectivity index (χ0v) is 14.1. The van der Waals surface area contributed by atoms with Gasteiger partial charge in [0.25, 0.3) is 0 Å². The maximum absolute atomic E-state index is 9.61. The van der Waals surface area contributed by atoms with Crippen LogP contribution in [0.5, 0.6) is 0 Å². The van der Waals surface area contributed by atoms with Gasteiger partial charge in [-0.25, -0.2) is 0 Å². The van der Waals surface area contributed by atoms with Crippen LogP contribution in [0.1, 0.15) is 32.3 Å². The van der Waals surface area contributed by atoms with E-state index in [-0.39, 0.29) is 6.10 Å². The van der Waals surface area contributed by atoms with E-state index in [1.54, 1.807) is 0 Å². The van der Waals surface area contributed by atoms with Crippen molar-refractivity contribution in [3.8, 4) is 0 Å². The summed E-state index contributed by atoms with van der Waals surface area (Å²) < 4.78 is 0. The number of benzene rings is 1. The molecule has 0 radical (unpaired) electrons. The molecule has 0 amide bonds. The van der Waals surface area contributed by atoms with Crippen molar-refractivity contribution in [3.63, 3.8) is 0 Å². The highest BCUT2D eigenvalue weighted by Crippen LogP contribution is 2.21. The lowest BCUT2D eigenvalue weighted by Crippen LogP contribution is -2.46. The number of nitrogens with zero attached hydrogens (tertiary/aromatic N) is 2. The van der Waals surface area contributed by atoms with E-state index >= 15 is 0 Å². The van der Waals surface area contributed by atoms with Crippen LogP contribution in [0, 0.1) is 0 Å². The van der Waals surface area contributed by atoms with Crippen LogP contribution in [-0.4, -0.2) is 55.4 Å². The van der Waals surface area contributed by atoms with Crippen LogP contribution in [0.2, 0.25) is 0 Å². The van der Waals surface area contributed by atoms with Gasteiger partial charge in [0.05, 0.1) is 6.10 Å². The van der Waals surface area contributed by atoms with E-state index in [0.29, 0.717) is 0 Å². The quantitative estimate of drug-likeness (QED) is 0.721. The van der Waals surface area contributed by atoms with E-state index in [1.165, 1.54) is 11.3 Å². The molecule has 22 heavy (non-hydrogen) atoms. The number of rotatable bonds is 8. The molecule has 1 saturated heterocycles. The summed E-state index contributed by atoms with van der Waals surface area (Å²) in [6, 6.07) is 8.69. The Hall–Kier alpha value is -1.10. The second-order valence-electron chi connectivity index (χ2n) is 6.08. The van der Waals surface area contributed by atoms with E-state index in [0.717, 1.165) is 58.7 Å². The molecule has 2 rings (SSSR count). The fourth-order valence-electron chi connectivity index (χ4n) is 2.97. The predicted octanol–water partition coefficient (Wildman–Crippen LogP) is 2.08. The number of para-hydroxylation sites is 1. The number of aliphatic hydroxyl groups is 1. The molecule has 0 aromatic heterocycles. The smallest absolute Gasteiger partial charge is 0.0549 e. The molecule has 1 fully saturated rings. The second-order valence-corrected chi connectivity index (χ2v) is 6.08. The van der Waals surface area contributed by atoms with Gasteiger partial charge in [0.2, 0.25) is 0 Å². The Bertz CT molecular complexity index is 430. The largest absolute Gasteiger partial charge is 0.393 e. The third kappa shape index (κ3) is 4.97. The van der Waals surface area contributed by atoms with Gasteiger partial charge in [-0.3, -0.25) is 0 Å². The Labute approximate surface area is 135 Å². The van der Waals surface area contributed by atoms with Crippen molar-refractivity contribution in [2.45, 2.75) is 39.3 Å². The molecular weight excluding hydrogens is 274 g/mol. The van der Waals surface area contributed by atoms with Crippen LogP contribution in [0.4, 0.5) is 5.69 Å². The first-order valence-electron chi connectivity index (χ1n) is 8.68. The number of aliphatic hydroxyl groups excluding tert-OH is 1. The minimum atomic E-state index is -0.176. The zero-order valence-electron chi connectivity index (χ0n) is 14.1. The summed E-state index contributed by atoms with van der Waals surface area (Å²) in [5.74, 6) is 0. The molecule has 0 spiro atoms. The molecule has 1 aromatic carbocycles. The van der Waals surface area contributed by atoms with Gasteiger partial charge in [0, 0.05) is 38.4 Å². The molecule has 2 N–H and O–H groups in total. The third-order valence-corrected chi connectivity index (χ3v) is 4.59. The SMILES string of the molecule is CCC(O)CCNCc1ccccc1N1CCN(CC)CC1. The van der Waals surface area contributed by atoms with Gasteiger partial charge in [0.15, 0.2) is 0 Å². The average molecular weight is 305 g/mol. The first kappa shape index (κ1) is 17.3. The van der Waals surface area contributed by atoms with Crippen LogP contribution in [0.3, 0.4) is 0 Å². The number of anilines is 1. The van der Waals surface area contributed by atoms with Crippen molar-refractivity contribution < 1.29 is 5.11 Å². The molecule has 1 heterocycles. The third-order valence-electron chi connectivity index (χ3n) is 4.59. The number of likely N-dealkylation sites (N-methyl/N-ethyl adjacent to an activating group) is 1. The van der Waals surface area contributed by atoms with E-state index in [4.69, 9.17) is 0 Å². The van der Waals surface area contributed by atoms with Crippen LogP contribution in [-0.2, 0) is 6.54 Å². The molecule has 1 atom stereocenters. The van der Waals surface area contributed by atoms with Gasteiger partial charge in [-0.05, 0) is 37.6 Å². The monoisotopic (exact) mass is 305 g/mol. The van der Waals surface area contributed by atoms with Gasteiger partial charge < -0.3 is 20.2 Å². The average Bonchev–Trinajstić information content (AvgIpc) is 2.59. The summed E-state index contributed by atoms with van der Waals surface area (Å²) in [6.07, 6.45) is 1.48. The first-order valence-corrected chi connectivity index (χ1v) is 8.68. The molecule has 0 aliphatic carbocycles. The molecule has 1 unspecified atom stereocenters. The van der Waals surface area contributed by atoms with E-state index in [2.05, 4.69) is 46.3 Å². The molecule has 4 nitrogen and oxygen atoms in total. The van der Waals surface area contributed by atoms with Crippen molar-refractivity contribution in [1.29, 1.82) is 0 Å². The minimum Gasteiger partial charge on any atom is -0.393 e. The van der Waals surface area contributed by atoms with Gasteiger partial charge >= 0.3 is 0 Å². The highest BCUT2D eigenvalue weighted by Gasteiger charge is 2.17. The van der Waals surface area contributed by atoms with Gasteiger partial charge in [-0.1, -0.05) is 32.0 Å². The maximum atomic E-state index is 9.61. The molecular formula is C18H31N3O. The fourth-order valence-corrected chi connectivity index (χ4v) is 2.97. The van der Waals surface area contributed by atoms with Crippen LogP contribution in [0.25, 0.3) is 0 Å². The van der Waals surface area contributed by atoms with Gasteiger partial charge in [-0.2, -0.15) is 0 Å². The highest BCUT2D eigenvalue weighted by molar-refractivity contribution is 5.54. The van der Waals surface area contributed by atoms with Crippen molar-refractivity contribution in [2.24, 2.45) is 0 Å². The lowest BCUT2D eigenvalue weighted by atomic mass is 10.1. The molecule has 1 aliphatic heterocycles. The molecule has 4 heteroatoms. The van der Waals surface area contributed by atoms with Crippen molar-refractivity contribution in [2.75, 3.05) is 44.2 Å². The number of nitrogens with one attached hydrogen (secondary N) is 1. The Balaban J connectivity index is 1.87. The number of hydrogen-bond acceptors (Lipinski definition) is 4. The van der Waals surface area contributed by atoms with Crippen molar-refractivity contribution in [1.82, 2.24) is 10.2 Å². The lowest BCUT2D eigenvalue weighted by Gasteiger charge is -2.36. The van der Waals surface area contributed by atoms with Crippen LogP contribution < -0.4 is 10.2 Å².